The molecule has 4 nitrogen and oxygen atoms in total. The largest absolute Gasteiger partial charge is 0.311 e. The van der Waals surface area contributed by atoms with Crippen LogP contribution in [0.2, 0.25) is 0 Å². The van der Waals surface area contributed by atoms with E-state index in [0.717, 1.165) is 11.1 Å². The lowest BCUT2D eigenvalue weighted by Gasteiger charge is -2.02. The Kier molecular flexibility index (Phi) is 5.24. The zero-order valence-corrected chi connectivity index (χ0v) is 11.3. The maximum atomic E-state index is 10.8. The van der Waals surface area contributed by atoms with Gasteiger partial charge in [0.15, 0.2) is 5.65 Å². The fourth-order valence-electron chi connectivity index (χ4n) is 1.34. The van der Waals surface area contributed by atoms with Crippen molar-refractivity contribution < 1.29 is 4.79 Å². The SMILES string of the molecule is CC(=O)Nc1ccc2ccc(C)nc2n1.CCC. The maximum Gasteiger partial charge on any atom is 0.222 e. The van der Waals surface area contributed by atoms with Gasteiger partial charge in [-0.2, -0.15) is 0 Å². The molecule has 0 spiro atoms. The summed E-state index contributed by atoms with van der Waals surface area (Å²) in [5.41, 5.74) is 1.57. The number of carbonyl (C=O) groups is 1. The van der Waals surface area contributed by atoms with Crippen molar-refractivity contribution in [2.45, 2.75) is 34.1 Å². The van der Waals surface area contributed by atoms with E-state index >= 15 is 0 Å². The first kappa shape index (κ1) is 14.1. The second-order valence-corrected chi connectivity index (χ2v) is 4.08. The topological polar surface area (TPSA) is 54.9 Å². The van der Waals surface area contributed by atoms with E-state index in [1.807, 2.05) is 25.1 Å². The molecular formula is C14H19N3O. The van der Waals surface area contributed by atoms with Crippen molar-refractivity contribution >= 4 is 22.8 Å². The minimum atomic E-state index is -0.130. The zero-order chi connectivity index (χ0) is 13.5. The number of carbonyl (C=O) groups excluding carboxylic acids is 1. The van der Waals surface area contributed by atoms with Gasteiger partial charge < -0.3 is 5.32 Å². The quantitative estimate of drug-likeness (QED) is 0.838. The molecule has 2 aromatic heterocycles. The second-order valence-electron chi connectivity index (χ2n) is 4.08. The van der Waals surface area contributed by atoms with Gasteiger partial charge in [0, 0.05) is 18.0 Å². The van der Waals surface area contributed by atoms with Crippen LogP contribution in [-0.4, -0.2) is 15.9 Å². The first-order valence-corrected chi connectivity index (χ1v) is 6.08. The molecule has 1 amide bonds. The molecule has 2 heterocycles. The number of rotatable bonds is 1. The van der Waals surface area contributed by atoms with Crippen molar-refractivity contribution in [2.24, 2.45) is 0 Å². The van der Waals surface area contributed by atoms with E-state index in [4.69, 9.17) is 0 Å². The van der Waals surface area contributed by atoms with Crippen LogP contribution in [0.4, 0.5) is 5.82 Å². The number of pyridine rings is 2. The van der Waals surface area contributed by atoms with Crippen LogP contribution in [-0.2, 0) is 4.79 Å². The lowest BCUT2D eigenvalue weighted by Crippen LogP contribution is -2.07. The summed E-state index contributed by atoms with van der Waals surface area (Å²) in [4.78, 5) is 19.4. The fourth-order valence-corrected chi connectivity index (χ4v) is 1.34. The van der Waals surface area contributed by atoms with Crippen LogP contribution < -0.4 is 5.32 Å². The van der Waals surface area contributed by atoms with Crippen LogP contribution in [0.1, 0.15) is 32.9 Å². The van der Waals surface area contributed by atoms with Gasteiger partial charge in [0.25, 0.3) is 0 Å². The van der Waals surface area contributed by atoms with E-state index in [0.29, 0.717) is 11.5 Å². The molecule has 0 aliphatic heterocycles. The molecule has 2 aromatic rings. The van der Waals surface area contributed by atoms with Crippen molar-refractivity contribution in [1.29, 1.82) is 0 Å². The minimum Gasteiger partial charge on any atom is -0.311 e. The molecule has 0 saturated carbocycles. The smallest absolute Gasteiger partial charge is 0.222 e. The summed E-state index contributed by atoms with van der Waals surface area (Å²) < 4.78 is 0. The molecule has 18 heavy (non-hydrogen) atoms. The minimum absolute atomic E-state index is 0.130. The van der Waals surface area contributed by atoms with E-state index in [1.54, 1.807) is 6.07 Å². The Hall–Kier alpha value is -1.97. The Morgan fingerprint density at radius 3 is 2.39 bits per heavy atom. The Labute approximate surface area is 107 Å². The molecule has 0 atom stereocenters. The highest BCUT2D eigenvalue weighted by Crippen LogP contribution is 2.13. The third-order valence-electron chi connectivity index (χ3n) is 2.00. The third kappa shape index (κ3) is 4.13. The molecule has 0 fully saturated rings. The zero-order valence-electron chi connectivity index (χ0n) is 11.3. The van der Waals surface area contributed by atoms with Crippen LogP contribution in [0.5, 0.6) is 0 Å². The van der Waals surface area contributed by atoms with E-state index < -0.39 is 0 Å². The molecular weight excluding hydrogens is 226 g/mol. The van der Waals surface area contributed by atoms with Crippen molar-refractivity contribution in [3.8, 4) is 0 Å². The van der Waals surface area contributed by atoms with Gasteiger partial charge in [-0.1, -0.05) is 20.3 Å². The Morgan fingerprint density at radius 1 is 1.17 bits per heavy atom. The predicted molar refractivity (Wildman–Crippen MR) is 74.5 cm³/mol. The molecule has 0 unspecified atom stereocenters. The second kappa shape index (κ2) is 6.69. The van der Waals surface area contributed by atoms with Gasteiger partial charge in [-0.15, -0.1) is 0 Å². The molecule has 1 N–H and O–H groups in total. The highest BCUT2D eigenvalue weighted by molar-refractivity contribution is 5.89. The lowest BCUT2D eigenvalue weighted by atomic mass is 10.2. The molecule has 0 saturated heterocycles. The number of amides is 1. The summed E-state index contributed by atoms with van der Waals surface area (Å²) in [5, 5.41) is 3.59. The maximum absolute atomic E-state index is 10.8. The number of nitrogens with zero attached hydrogens (tertiary/aromatic N) is 2. The van der Waals surface area contributed by atoms with Crippen LogP contribution >= 0.6 is 0 Å². The monoisotopic (exact) mass is 245 g/mol. The van der Waals surface area contributed by atoms with Crippen molar-refractivity contribution in [2.75, 3.05) is 5.32 Å². The summed E-state index contributed by atoms with van der Waals surface area (Å²) in [7, 11) is 0. The Morgan fingerprint density at radius 2 is 1.78 bits per heavy atom. The van der Waals surface area contributed by atoms with Crippen LogP contribution in [0.25, 0.3) is 11.0 Å². The number of hydrogen-bond acceptors (Lipinski definition) is 3. The first-order chi connectivity index (χ1) is 8.56. The third-order valence-corrected chi connectivity index (χ3v) is 2.00. The molecule has 0 aliphatic rings. The summed E-state index contributed by atoms with van der Waals surface area (Å²) >= 11 is 0. The first-order valence-electron chi connectivity index (χ1n) is 6.08. The molecule has 0 aliphatic carbocycles. The predicted octanol–water partition coefficient (Wildman–Crippen LogP) is 3.31. The van der Waals surface area contributed by atoms with Gasteiger partial charge in [0.2, 0.25) is 5.91 Å². The Bertz CT molecular complexity index is 538. The lowest BCUT2D eigenvalue weighted by molar-refractivity contribution is -0.114. The standard InChI is InChI=1S/C11H11N3O.C3H8/c1-7-3-4-9-5-6-10(13-8(2)15)14-11(9)12-7;1-3-2/h3-6H,1-2H3,(H,12,13,14,15);3H2,1-2H3. The van der Waals surface area contributed by atoms with Gasteiger partial charge in [0.1, 0.15) is 5.82 Å². The van der Waals surface area contributed by atoms with Gasteiger partial charge >= 0.3 is 0 Å². The number of hydrogen-bond donors (Lipinski definition) is 1. The molecule has 0 bridgehead atoms. The molecule has 2 rings (SSSR count). The van der Waals surface area contributed by atoms with E-state index in [1.165, 1.54) is 13.3 Å². The van der Waals surface area contributed by atoms with Gasteiger partial charge in [0.05, 0.1) is 0 Å². The van der Waals surface area contributed by atoms with Crippen LogP contribution in [0.3, 0.4) is 0 Å². The van der Waals surface area contributed by atoms with Gasteiger partial charge in [-0.05, 0) is 31.2 Å². The average molecular weight is 245 g/mol. The summed E-state index contributed by atoms with van der Waals surface area (Å²) in [6.45, 7) is 7.61. The molecule has 0 aromatic carbocycles. The summed E-state index contributed by atoms with van der Waals surface area (Å²) in [5.74, 6) is 0.405. The van der Waals surface area contributed by atoms with Crippen molar-refractivity contribution in [1.82, 2.24) is 9.97 Å². The van der Waals surface area contributed by atoms with Gasteiger partial charge in [-0.25, -0.2) is 9.97 Å². The van der Waals surface area contributed by atoms with Crippen molar-refractivity contribution in [3.63, 3.8) is 0 Å². The van der Waals surface area contributed by atoms with Gasteiger partial charge in [-0.3, -0.25) is 4.79 Å². The normalized spacial score (nSPS) is 9.56. The number of nitrogens with one attached hydrogen (secondary N) is 1. The highest BCUT2D eigenvalue weighted by atomic mass is 16.1. The molecule has 4 heteroatoms. The molecule has 96 valence electrons. The number of aryl methyl sites for hydroxylation is 1. The highest BCUT2D eigenvalue weighted by Gasteiger charge is 2.00. The Balaban J connectivity index is 0.000000492. The van der Waals surface area contributed by atoms with Crippen LogP contribution in [0, 0.1) is 6.92 Å². The molecule has 0 radical (unpaired) electrons. The van der Waals surface area contributed by atoms with Crippen LogP contribution in [0.15, 0.2) is 24.3 Å². The average Bonchev–Trinajstić information content (AvgIpc) is 2.28. The number of fused-ring (bicyclic) bond motifs is 1. The van der Waals surface area contributed by atoms with E-state index in [2.05, 4.69) is 29.1 Å². The summed E-state index contributed by atoms with van der Waals surface area (Å²) in [6.07, 6.45) is 1.25. The van der Waals surface area contributed by atoms with E-state index in [-0.39, 0.29) is 5.91 Å². The van der Waals surface area contributed by atoms with Crippen molar-refractivity contribution in [3.05, 3.63) is 30.0 Å². The number of aromatic nitrogens is 2. The van der Waals surface area contributed by atoms with E-state index in [9.17, 15) is 4.79 Å². The summed E-state index contributed by atoms with van der Waals surface area (Å²) in [6, 6.07) is 7.55. The fraction of sp³-hybridized carbons (Fsp3) is 0.357. The number of anilines is 1.